The molecule has 128 valence electrons. The van der Waals surface area contributed by atoms with Crippen molar-refractivity contribution in [3.63, 3.8) is 0 Å². The predicted molar refractivity (Wildman–Crippen MR) is 103 cm³/mol. The summed E-state index contributed by atoms with van der Waals surface area (Å²) in [5, 5.41) is 14.5. The van der Waals surface area contributed by atoms with E-state index in [2.05, 4.69) is 77.8 Å². The lowest BCUT2D eigenvalue weighted by Crippen LogP contribution is -2.10. The maximum absolute atomic E-state index is 4.47. The van der Waals surface area contributed by atoms with Crippen LogP contribution in [0.15, 0.2) is 54.7 Å². The summed E-state index contributed by atoms with van der Waals surface area (Å²) < 4.78 is 0. The van der Waals surface area contributed by atoms with E-state index < -0.39 is 0 Å². The van der Waals surface area contributed by atoms with Gasteiger partial charge in [-0.15, -0.1) is 5.10 Å². The maximum Gasteiger partial charge on any atom is 0.249 e. The highest BCUT2D eigenvalue weighted by Gasteiger charge is 2.13. The molecule has 5 nitrogen and oxygen atoms in total. The molecule has 1 aromatic heterocycles. The van der Waals surface area contributed by atoms with Gasteiger partial charge in [0.05, 0.1) is 6.20 Å². The molecule has 5 heteroatoms. The minimum atomic E-state index is 0.133. The van der Waals surface area contributed by atoms with E-state index >= 15 is 0 Å². The molecule has 0 spiro atoms. The zero-order valence-corrected chi connectivity index (χ0v) is 15.0. The summed E-state index contributed by atoms with van der Waals surface area (Å²) in [5.74, 6) is 1.11. The zero-order valence-electron chi connectivity index (χ0n) is 15.0. The molecule has 0 saturated carbocycles. The lowest BCUT2D eigenvalue weighted by Gasteiger charge is -2.19. The molecule has 0 unspecified atom stereocenters. The summed E-state index contributed by atoms with van der Waals surface area (Å²) in [4.78, 5) is 4.47. The maximum atomic E-state index is 4.47. The second-order valence-electron chi connectivity index (χ2n) is 7.11. The molecule has 0 atom stereocenters. The number of aryl methyl sites for hydroxylation is 1. The third-order valence-electron chi connectivity index (χ3n) is 3.86. The molecule has 0 aliphatic carbocycles. The van der Waals surface area contributed by atoms with Gasteiger partial charge in [-0.1, -0.05) is 45.0 Å². The van der Waals surface area contributed by atoms with Gasteiger partial charge in [-0.25, -0.2) is 0 Å². The molecule has 0 fully saturated rings. The third-order valence-corrected chi connectivity index (χ3v) is 3.86. The highest BCUT2D eigenvalue weighted by Crippen LogP contribution is 2.24. The van der Waals surface area contributed by atoms with Crippen molar-refractivity contribution in [1.82, 2.24) is 15.2 Å². The first kappa shape index (κ1) is 16.9. The van der Waals surface area contributed by atoms with Crippen molar-refractivity contribution in [2.75, 3.05) is 10.6 Å². The molecule has 0 saturated heterocycles. The number of aromatic nitrogens is 3. The average molecular weight is 333 g/mol. The molecular weight excluding hydrogens is 310 g/mol. The molecule has 0 bridgehead atoms. The smallest absolute Gasteiger partial charge is 0.249 e. The topological polar surface area (TPSA) is 62.7 Å². The van der Waals surface area contributed by atoms with Gasteiger partial charge >= 0.3 is 0 Å². The van der Waals surface area contributed by atoms with Gasteiger partial charge in [0.25, 0.3) is 0 Å². The van der Waals surface area contributed by atoms with Gasteiger partial charge in [-0.3, -0.25) is 0 Å². The number of hydrogen-bond donors (Lipinski definition) is 2. The molecule has 1 heterocycles. The Hall–Kier alpha value is -2.95. The Bertz CT molecular complexity index is 850. The summed E-state index contributed by atoms with van der Waals surface area (Å²) in [6.45, 7) is 8.65. The summed E-state index contributed by atoms with van der Waals surface area (Å²) in [6.07, 6.45) is 1.61. The highest BCUT2D eigenvalue weighted by molar-refractivity contribution is 5.59. The Morgan fingerprint density at radius 2 is 1.64 bits per heavy atom. The second-order valence-corrected chi connectivity index (χ2v) is 7.11. The Morgan fingerprint density at radius 3 is 2.32 bits per heavy atom. The van der Waals surface area contributed by atoms with Crippen LogP contribution in [0.4, 0.5) is 23.1 Å². The van der Waals surface area contributed by atoms with Crippen LogP contribution in [-0.2, 0) is 5.41 Å². The van der Waals surface area contributed by atoms with Crippen LogP contribution in [0.25, 0.3) is 0 Å². The van der Waals surface area contributed by atoms with E-state index in [0.29, 0.717) is 11.8 Å². The first-order chi connectivity index (χ1) is 11.9. The summed E-state index contributed by atoms with van der Waals surface area (Å²) in [5.41, 5.74) is 4.51. The number of rotatable bonds is 4. The number of benzene rings is 2. The van der Waals surface area contributed by atoms with Gasteiger partial charge in [0.15, 0.2) is 5.82 Å². The van der Waals surface area contributed by atoms with Crippen molar-refractivity contribution >= 4 is 23.1 Å². The zero-order chi connectivity index (χ0) is 17.9. The fourth-order valence-electron chi connectivity index (χ4n) is 2.47. The van der Waals surface area contributed by atoms with Crippen LogP contribution in [0.3, 0.4) is 0 Å². The van der Waals surface area contributed by atoms with Crippen LogP contribution in [0.1, 0.15) is 31.9 Å². The highest BCUT2D eigenvalue weighted by atomic mass is 15.3. The van der Waals surface area contributed by atoms with Gasteiger partial charge in [-0.2, -0.15) is 10.1 Å². The van der Waals surface area contributed by atoms with Gasteiger partial charge in [0.1, 0.15) is 0 Å². The first-order valence-corrected chi connectivity index (χ1v) is 8.31. The van der Waals surface area contributed by atoms with E-state index in [4.69, 9.17) is 0 Å². The molecule has 3 rings (SSSR count). The minimum absolute atomic E-state index is 0.133. The second kappa shape index (κ2) is 6.89. The van der Waals surface area contributed by atoms with Gasteiger partial charge in [0, 0.05) is 11.4 Å². The minimum Gasteiger partial charge on any atom is -0.339 e. The lowest BCUT2D eigenvalue weighted by molar-refractivity contribution is 0.590. The number of hydrogen-bond acceptors (Lipinski definition) is 5. The molecule has 0 amide bonds. The number of anilines is 4. The largest absolute Gasteiger partial charge is 0.339 e. The monoisotopic (exact) mass is 333 g/mol. The van der Waals surface area contributed by atoms with Crippen LogP contribution in [0, 0.1) is 6.92 Å². The van der Waals surface area contributed by atoms with E-state index in [1.165, 1.54) is 11.1 Å². The van der Waals surface area contributed by atoms with Crippen LogP contribution in [-0.4, -0.2) is 15.2 Å². The Morgan fingerprint density at radius 1 is 0.880 bits per heavy atom. The Kier molecular flexibility index (Phi) is 4.65. The molecule has 0 radical (unpaired) electrons. The predicted octanol–water partition coefficient (Wildman–Crippen LogP) is 4.96. The van der Waals surface area contributed by atoms with E-state index in [1.54, 1.807) is 6.20 Å². The first-order valence-electron chi connectivity index (χ1n) is 8.31. The van der Waals surface area contributed by atoms with E-state index in [9.17, 15) is 0 Å². The number of nitrogens with zero attached hydrogens (tertiary/aromatic N) is 3. The van der Waals surface area contributed by atoms with Crippen molar-refractivity contribution in [2.24, 2.45) is 0 Å². The average Bonchev–Trinajstić information content (AvgIpc) is 2.55. The van der Waals surface area contributed by atoms with Crippen molar-refractivity contribution in [3.8, 4) is 0 Å². The van der Waals surface area contributed by atoms with Crippen molar-refractivity contribution < 1.29 is 0 Å². The normalized spacial score (nSPS) is 11.2. The van der Waals surface area contributed by atoms with Crippen molar-refractivity contribution in [1.29, 1.82) is 0 Å². The van der Waals surface area contributed by atoms with Crippen LogP contribution in [0.2, 0.25) is 0 Å². The molecule has 2 N–H and O–H groups in total. The summed E-state index contributed by atoms with van der Waals surface area (Å²) in [6, 6.07) is 16.4. The van der Waals surface area contributed by atoms with Crippen molar-refractivity contribution in [3.05, 3.63) is 65.9 Å². The van der Waals surface area contributed by atoms with Crippen molar-refractivity contribution in [2.45, 2.75) is 33.1 Å². The molecule has 0 aliphatic heterocycles. The SMILES string of the molecule is Cc1cccc(Nc2cnnc(Nc3ccc(C(C)(C)C)cc3)n2)c1. The Labute approximate surface area is 148 Å². The third kappa shape index (κ3) is 4.53. The number of nitrogens with one attached hydrogen (secondary N) is 2. The Balaban J connectivity index is 1.73. The summed E-state index contributed by atoms with van der Waals surface area (Å²) in [7, 11) is 0. The lowest BCUT2D eigenvalue weighted by atomic mass is 9.87. The molecule has 0 aliphatic rings. The van der Waals surface area contributed by atoms with Crippen LogP contribution < -0.4 is 10.6 Å². The van der Waals surface area contributed by atoms with Gasteiger partial charge < -0.3 is 10.6 Å². The summed E-state index contributed by atoms with van der Waals surface area (Å²) >= 11 is 0. The molecule has 25 heavy (non-hydrogen) atoms. The van der Waals surface area contributed by atoms with E-state index in [0.717, 1.165) is 11.4 Å². The quantitative estimate of drug-likeness (QED) is 0.706. The molecule has 2 aromatic carbocycles. The van der Waals surface area contributed by atoms with Crippen LogP contribution >= 0.6 is 0 Å². The standard InChI is InChI=1S/C20H23N5/c1-14-6-5-7-17(12-14)22-18-13-21-25-19(24-18)23-16-10-8-15(9-11-16)20(2,3)4/h5-13H,1-4H3,(H2,22,23,24,25). The van der Waals surface area contributed by atoms with Crippen LogP contribution in [0.5, 0.6) is 0 Å². The van der Waals surface area contributed by atoms with E-state index in [1.807, 2.05) is 24.3 Å². The van der Waals surface area contributed by atoms with E-state index in [-0.39, 0.29) is 5.41 Å². The van der Waals surface area contributed by atoms with Gasteiger partial charge in [0.2, 0.25) is 5.95 Å². The molecule has 3 aromatic rings. The fourth-order valence-corrected chi connectivity index (χ4v) is 2.47. The van der Waals surface area contributed by atoms with Gasteiger partial charge in [-0.05, 0) is 47.7 Å². The fraction of sp³-hybridized carbons (Fsp3) is 0.250. The molecular formula is C20H23N5.